The van der Waals surface area contributed by atoms with Gasteiger partial charge in [-0.15, -0.1) is 0 Å². The predicted octanol–water partition coefficient (Wildman–Crippen LogP) is 4.36. The first-order chi connectivity index (χ1) is 12.8. The Hall–Kier alpha value is -2.04. The summed E-state index contributed by atoms with van der Waals surface area (Å²) in [4.78, 5) is 29.7. The van der Waals surface area contributed by atoms with Gasteiger partial charge in [-0.1, -0.05) is 49.6 Å². The Morgan fingerprint density at radius 1 is 1.11 bits per heavy atom. The summed E-state index contributed by atoms with van der Waals surface area (Å²) in [5, 5.41) is 0. The summed E-state index contributed by atoms with van der Waals surface area (Å²) in [6.07, 6.45) is 6.10. The van der Waals surface area contributed by atoms with Crippen LogP contribution in [-0.2, 0) is 16.1 Å². The molecular weight excluding hydrogens is 340 g/mol. The number of carbonyl (C=O) groups is 2. The monoisotopic (exact) mass is 372 g/mol. The summed E-state index contributed by atoms with van der Waals surface area (Å²) in [5.41, 5.74) is 0.420. The van der Waals surface area contributed by atoms with Crippen molar-refractivity contribution in [2.75, 3.05) is 6.54 Å². The molecule has 1 atom stereocenters. The van der Waals surface area contributed by atoms with Crippen molar-refractivity contribution in [3.05, 3.63) is 35.9 Å². The number of hydrogen-bond acceptors (Lipinski definition) is 3. The van der Waals surface area contributed by atoms with Gasteiger partial charge in [-0.05, 0) is 45.6 Å². The van der Waals surface area contributed by atoms with E-state index >= 15 is 0 Å². The standard InChI is InChI=1S/C22H32N2O3/c1-22(2,3)27-21(26)24(16-17-10-6-4-7-11-17)19-14-15-23(20(19)25)18-12-8-5-9-13-18/h4,6-7,10-11,18-19H,5,8-9,12-16H2,1-3H3. The molecule has 27 heavy (non-hydrogen) atoms. The molecule has 0 bridgehead atoms. The number of rotatable bonds is 4. The molecule has 1 heterocycles. The molecule has 2 aliphatic rings. The molecule has 1 aliphatic heterocycles. The fourth-order valence-corrected chi connectivity index (χ4v) is 4.13. The number of likely N-dealkylation sites (tertiary alicyclic amines) is 1. The average Bonchev–Trinajstić information content (AvgIpc) is 3.01. The second-order valence-electron chi connectivity index (χ2n) is 8.72. The third-order valence-electron chi connectivity index (χ3n) is 5.43. The Balaban J connectivity index is 1.77. The van der Waals surface area contributed by atoms with E-state index in [4.69, 9.17) is 4.74 Å². The zero-order valence-corrected chi connectivity index (χ0v) is 16.8. The molecule has 5 nitrogen and oxygen atoms in total. The third kappa shape index (κ3) is 5.02. The number of amides is 2. The van der Waals surface area contributed by atoms with Gasteiger partial charge in [-0.2, -0.15) is 0 Å². The fraction of sp³-hybridized carbons (Fsp3) is 0.636. The van der Waals surface area contributed by atoms with Gasteiger partial charge in [0.2, 0.25) is 5.91 Å². The molecule has 148 valence electrons. The van der Waals surface area contributed by atoms with Crippen molar-refractivity contribution in [1.29, 1.82) is 0 Å². The van der Waals surface area contributed by atoms with E-state index < -0.39 is 17.7 Å². The smallest absolute Gasteiger partial charge is 0.411 e. The Kier molecular flexibility index (Phi) is 6.08. The molecule has 3 rings (SSSR count). The van der Waals surface area contributed by atoms with Crippen LogP contribution in [0.25, 0.3) is 0 Å². The van der Waals surface area contributed by atoms with E-state index in [1.807, 2.05) is 56.0 Å². The minimum Gasteiger partial charge on any atom is -0.444 e. The topological polar surface area (TPSA) is 49.9 Å². The Bertz CT molecular complexity index is 647. The van der Waals surface area contributed by atoms with Crippen molar-refractivity contribution >= 4 is 12.0 Å². The van der Waals surface area contributed by atoms with Gasteiger partial charge in [-0.3, -0.25) is 9.69 Å². The zero-order chi connectivity index (χ0) is 19.4. The maximum atomic E-state index is 13.2. The Morgan fingerprint density at radius 3 is 2.41 bits per heavy atom. The molecule has 1 aromatic carbocycles. The summed E-state index contributed by atoms with van der Waals surface area (Å²) in [5.74, 6) is 0.0868. The van der Waals surface area contributed by atoms with Crippen LogP contribution < -0.4 is 0 Å². The van der Waals surface area contributed by atoms with Crippen LogP contribution in [0, 0.1) is 0 Å². The lowest BCUT2D eigenvalue weighted by Gasteiger charge is -2.33. The average molecular weight is 373 g/mol. The molecular formula is C22H32N2O3. The molecule has 1 saturated carbocycles. The van der Waals surface area contributed by atoms with Crippen LogP contribution in [0.3, 0.4) is 0 Å². The molecule has 1 unspecified atom stereocenters. The van der Waals surface area contributed by atoms with Crippen molar-refractivity contribution in [3.63, 3.8) is 0 Å². The summed E-state index contributed by atoms with van der Waals surface area (Å²) in [6, 6.07) is 9.73. The quantitative estimate of drug-likeness (QED) is 0.789. The van der Waals surface area contributed by atoms with Gasteiger partial charge in [0.05, 0.1) is 0 Å². The van der Waals surface area contributed by atoms with Gasteiger partial charge in [-0.25, -0.2) is 4.79 Å². The summed E-state index contributed by atoms with van der Waals surface area (Å²) in [7, 11) is 0. The van der Waals surface area contributed by atoms with Gasteiger partial charge in [0.1, 0.15) is 11.6 Å². The van der Waals surface area contributed by atoms with Crippen LogP contribution in [0.15, 0.2) is 30.3 Å². The van der Waals surface area contributed by atoms with Crippen molar-refractivity contribution in [3.8, 4) is 0 Å². The highest BCUT2D eigenvalue weighted by molar-refractivity contribution is 5.87. The van der Waals surface area contributed by atoms with E-state index in [2.05, 4.69) is 0 Å². The van der Waals surface area contributed by atoms with Crippen LogP contribution in [0.4, 0.5) is 4.79 Å². The lowest BCUT2D eigenvalue weighted by atomic mass is 9.94. The molecule has 1 aromatic rings. The second kappa shape index (κ2) is 8.32. The van der Waals surface area contributed by atoms with Crippen LogP contribution in [-0.4, -0.2) is 46.0 Å². The second-order valence-corrected chi connectivity index (χ2v) is 8.72. The number of nitrogens with zero attached hydrogens (tertiary/aromatic N) is 2. The van der Waals surface area contributed by atoms with Crippen molar-refractivity contribution in [1.82, 2.24) is 9.80 Å². The van der Waals surface area contributed by atoms with E-state index in [0.29, 0.717) is 19.0 Å². The summed E-state index contributed by atoms with van der Waals surface area (Å²) < 4.78 is 5.63. The first-order valence-electron chi connectivity index (χ1n) is 10.2. The first-order valence-corrected chi connectivity index (χ1v) is 10.2. The minimum atomic E-state index is -0.587. The van der Waals surface area contributed by atoms with Crippen LogP contribution in [0.1, 0.15) is 64.9 Å². The molecule has 2 amide bonds. The van der Waals surface area contributed by atoms with Crippen molar-refractivity contribution < 1.29 is 14.3 Å². The van der Waals surface area contributed by atoms with Crippen LogP contribution in [0.5, 0.6) is 0 Å². The molecule has 2 fully saturated rings. The van der Waals surface area contributed by atoms with Gasteiger partial charge < -0.3 is 9.64 Å². The van der Waals surface area contributed by atoms with E-state index in [0.717, 1.165) is 24.9 Å². The van der Waals surface area contributed by atoms with Gasteiger partial charge in [0.25, 0.3) is 0 Å². The van der Waals surface area contributed by atoms with Crippen LogP contribution >= 0.6 is 0 Å². The molecule has 0 spiro atoms. The number of hydrogen-bond donors (Lipinski definition) is 0. The van der Waals surface area contributed by atoms with Gasteiger partial charge in [0, 0.05) is 19.1 Å². The highest BCUT2D eigenvalue weighted by Gasteiger charge is 2.42. The maximum Gasteiger partial charge on any atom is 0.411 e. The van der Waals surface area contributed by atoms with Crippen LogP contribution in [0.2, 0.25) is 0 Å². The van der Waals surface area contributed by atoms with E-state index in [-0.39, 0.29) is 5.91 Å². The number of ether oxygens (including phenoxy) is 1. The zero-order valence-electron chi connectivity index (χ0n) is 16.8. The third-order valence-corrected chi connectivity index (χ3v) is 5.43. The first kappa shape index (κ1) is 19.7. The van der Waals surface area contributed by atoms with Gasteiger partial charge in [0.15, 0.2) is 0 Å². The summed E-state index contributed by atoms with van der Waals surface area (Å²) in [6.45, 7) is 6.70. The highest BCUT2D eigenvalue weighted by Crippen LogP contribution is 2.29. The molecule has 0 radical (unpaired) electrons. The van der Waals surface area contributed by atoms with E-state index in [9.17, 15) is 9.59 Å². The van der Waals surface area contributed by atoms with E-state index in [1.165, 1.54) is 19.3 Å². The van der Waals surface area contributed by atoms with Crippen molar-refractivity contribution in [2.24, 2.45) is 0 Å². The Morgan fingerprint density at radius 2 is 1.78 bits per heavy atom. The highest BCUT2D eigenvalue weighted by atomic mass is 16.6. The Labute approximate surface area is 162 Å². The number of benzene rings is 1. The fourth-order valence-electron chi connectivity index (χ4n) is 4.13. The normalized spacial score (nSPS) is 21.4. The van der Waals surface area contributed by atoms with E-state index in [1.54, 1.807) is 4.90 Å². The molecule has 5 heteroatoms. The minimum absolute atomic E-state index is 0.0868. The number of carbonyl (C=O) groups excluding carboxylic acids is 2. The summed E-state index contributed by atoms with van der Waals surface area (Å²) >= 11 is 0. The molecule has 0 aromatic heterocycles. The maximum absolute atomic E-state index is 13.2. The molecule has 1 aliphatic carbocycles. The molecule has 1 saturated heterocycles. The largest absolute Gasteiger partial charge is 0.444 e. The SMILES string of the molecule is CC(C)(C)OC(=O)N(Cc1ccccc1)C1CCN(C2CCCCC2)C1=O. The molecule has 0 N–H and O–H groups in total. The van der Waals surface area contributed by atoms with Crippen molar-refractivity contribution in [2.45, 2.75) is 83.5 Å². The lowest BCUT2D eigenvalue weighted by Crippen LogP contribution is -2.48. The lowest BCUT2D eigenvalue weighted by molar-refractivity contribution is -0.134. The predicted molar refractivity (Wildman–Crippen MR) is 105 cm³/mol. The van der Waals surface area contributed by atoms with Gasteiger partial charge >= 0.3 is 6.09 Å².